The molecule has 8 heteroatoms. The molecule has 0 bridgehead atoms. The first kappa shape index (κ1) is 14.6. The third-order valence-electron chi connectivity index (χ3n) is 3.92. The minimum Gasteiger partial charge on any atom is -0.341 e. The predicted molar refractivity (Wildman–Crippen MR) is 91.4 cm³/mol. The number of likely N-dealkylation sites (N-methyl/N-ethyl adjacent to an activating group) is 1. The van der Waals surface area contributed by atoms with Crippen molar-refractivity contribution in [3.8, 4) is 22.8 Å². The van der Waals surface area contributed by atoms with Crippen LogP contribution >= 0.6 is 0 Å². The lowest BCUT2D eigenvalue weighted by molar-refractivity contribution is 0.565. The Labute approximate surface area is 138 Å². The Bertz CT molecular complexity index is 977. The molecule has 0 aliphatic rings. The van der Waals surface area contributed by atoms with Crippen LogP contribution in [0.1, 0.15) is 5.69 Å². The Morgan fingerprint density at radius 3 is 3.00 bits per heavy atom. The molecule has 4 aromatic rings. The van der Waals surface area contributed by atoms with Crippen molar-refractivity contribution < 1.29 is 0 Å². The Morgan fingerprint density at radius 1 is 1.29 bits per heavy atom. The lowest BCUT2D eigenvalue weighted by Gasteiger charge is -1.99. The number of rotatable bonds is 5. The summed E-state index contributed by atoms with van der Waals surface area (Å²) >= 11 is 0. The van der Waals surface area contributed by atoms with Crippen LogP contribution in [0.4, 0.5) is 0 Å². The van der Waals surface area contributed by atoms with Crippen molar-refractivity contribution in [2.75, 3.05) is 13.6 Å². The van der Waals surface area contributed by atoms with E-state index >= 15 is 0 Å². The fourth-order valence-electron chi connectivity index (χ4n) is 2.65. The van der Waals surface area contributed by atoms with Crippen LogP contribution in [-0.4, -0.2) is 48.8 Å². The summed E-state index contributed by atoms with van der Waals surface area (Å²) in [5, 5.41) is 20.0. The van der Waals surface area contributed by atoms with E-state index in [0.29, 0.717) is 0 Å². The molecule has 8 nitrogen and oxygen atoms in total. The number of nitrogens with one attached hydrogen (secondary N) is 3. The molecule has 4 rings (SSSR count). The molecule has 0 atom stereocenters. The summed E-state index contributed by atoms with van der Waals surface area (Å²) in [4.78, 5) is 7.60. The van der Waals surface area contributed by atoms with Gasteiger partial charge in [0, 0.05) is 29.4 Å². The van der Waals surface area contributed by atoms with E-state index in [1.54, 1.807) is 6.20 Å². The summed E-state index contributed by atoms with van der Waals surface area (Å²) in [7, 11) is 1.92. The monoisotopic (exact) mass is 322 g/mol. The maximum Gasteiger partial charge on any atom is 0.158 e. The van der Waals surface area contributed by atoms with E-state index in [-0.39, 0.29) is 0 Å². The van der Waals surface area contributed by atoms with Crippen LogP contribution in [0.15, 0.2) is 30.6 Å². The maximum absolute atomic E-state index is 4.39. The summed E-state index contributed by atoms with van der Waals surface area (Å²) in [5.41, 5.74) is 4.62. The highest BCUT2D eigenvalue weighted by Gasteiger charge is 2.13. The van der Waals surface area contributed by atoms with Crippen LogP contribution in [0, 0.1) is 6.92 Å². The number of hydrogen-bond donors (Lipinski definition) is 3. The van der Waals surface area contributed by atoms with Gasteiger partial charge in [-0.15, -0.1) is 5.10 Å². The number of aromatic amines is 2. The van der Waals surface area contributed by atoms with E-state index < -0.39 is 0 Å². The molecule has 24 heavy (non-hydrogen) atoms. The maximum atomic E-state index is 4.39. The topological polar surface area (TPSA) is 100 Å². The molecular formula is C16H18N8. The first-order valence-corrected chi connectivity index (χ1v) is 7.80. The van der Waals surface area contributed by atoms with Gasteiger partial charge in [-0.3, -0.25) is 9.78 Å². The van der Waals surface area contributed by atoms with Gasteiger partial charge >= 0.3 is 0 Å². The number of aromatic nitrogens is 7. The zero-order valence-corrected chi connectivity index (χ0v) is 13.5. The van der Waals surface area contributed by atoms with Crippen molar-refractivity contribution in [2.45, 2.75) is 13.5 Å². The van der Waals surface area contributed by atoms with Crippen molar-refractivity contribution in [1.82, 2.24) is 40.5 Å². The molecule has 1 aromatic carbocycles. The van der Waals surface area contributed by atoms with Gasteiger partial charge in [0.25, 0.3) is 0 Å². The van der Waals surface area contributed by atoms with Gasteiger partial charge in [0.1, 0.15) is 11.4 Å². The second-order valence-corrected chi connectivity index (χ2v) is 5.72. The van der Waals surface area contributed by atoms with E-state index in [4.69, 9.17) is 0 Å². The minimum atomic E-state index is 0.758. The number of nitrogens with zero attached hydrogens (tertiary/aromatic N) is 5. The number of aryl methyl sites for hydroxylation is 1. The van der Waals surface area contributed by atoms with Crippen molar-refractivity contribution in [3.63, 3.8) is 0 Å². The van der Waals surface area contributed by atoms with Crippen LogP contribution in [0.5, 0.6) is 0 Å². The highest BCUT2D eigenvalue weighted by atomic mass is 15.4. The molecule has 0 saturated carbocycles. The molecule has 0 unspecified atom stereocenters. The van der Waals surface area contributed by atoms with Gasteiger partial charge in [-0.05, 0) is 26.1 Å². The van der Waals surface area contributed by atoms with Crippen molar-refractivity contribution in [2.24, 2.45) is 0 Å². The summed E-state index contributed by atoms with van der Waals surface area (Å²) in [5.74, 6) is 0.758. The first-order chi connectivity index (χ1) is 11.7. The first-order valence-electron chi connectivity index (χ1n) is 7.80. The highest BCUT2D eigenvalue weighted by Crippen LogP contribution is 2.28. The van der Waals surface area contributed by atoms with Crippen LogP contribution in [0.2, 0.25) is 0 Å². The molecule has 0 saturated heterocycles. The predicted octanol–water partition coefficient (Wildman–Crippen LogP) is 1.74. The third-order valence-corrected chi connectivity index (χ3v) is 3.92. The Morgan fingerprint density at radius 2 is 2.21 bits per heavy atom. The highest BCUT2D eigenvalue weighted by molar-refractivity contribution is 5.93. The molecule has 0 aliphatic heterocycles. The number of hydrogen-bond acceptors (Lipinski definition) is 5. The van der Waals surface area contributed by atoms with E-state index in [9.17, 15) is 0 Å². The van der Waals surface area contributed by atoms with Gasteiger partial charge < -0.3 is 10.3 Å². The van der Waals surface area contributed by atoms with Crippen LogP contribution < -0.4 is 5.32 Å². The van der Waals surface area contributed by atoms with E-state index in [0.717, 1.165) is 52.5 Å². The summed E-state index contributed by atoms with van der Waals surface area (Å²) in [6.07, 6.45) is 3.75. The average Bonchev–Trinajstić information content (AvgIpc) is 3.31. The molecule has 0 fully saturated rings. The zero-order valence-electron chi connectivity index (χ0n) is 13.5. The van der Waals surface area contributed by atoms with Gasteiger partial charge in [0.15, 0.2) is 5.82 Å². The lowest BCUT2D eigenvalue weighted by atomic mass is 10.1. The summed E-state index contributed by atoms with van der Waals surface area (Å²) in [6.45, 7) is 3.61. The second kappa shape index (κ2) is 5.89. The van der Waals surface area contributed by atoms with E-state index in [2.05, 4.69) is 41.9 Å². The normalized spacial score (nSPS) is 11.4. The molecule has 3 heterocycles. The molecule has 122 valence electrons. The summed E-state index contributed by atoms with van der Waals surface area (Å²) < 4.78 is 1.84. The number of benzene rings is 1. The molecule has 0 radical (unpaired) electrons. The quantitative estimate of drug-likeness (QED) is 0.520. The summed E-state index contributed by atoms with van der Waals surface area (Å²) in [6, 6.07) is 6.09. The number of imidazole rings is 1. The van der Waals surface area contributed by atoms with Gasteiger partial charge in [-0.2, -0.15) is 5.10 Å². The molecular weight excluding hydrogens is 304 g/mol. The Kier molecular flexibility index (Phi) is 3.58. The molecule has 3 N–H and O–H groups in total. The van der Waals surface area contributed by atoms with Gasteiger partial charge in [-0.1, -0.05) is 11.3 Å². The van der Waals surface area contributed by atoms with Crippen molar-refractivity contribution in [1.29, 1.82) is 0 Å². The van der Waals surface area contributed by atoms with E-state index in [1.165, 1.54) is 0 Å². The largest absolute Gasteiger partial charge is 0.341 e. The van der Waals surface area contributed by atoms with Gasteiger partial charge in [0.2, 0.25) is 0 Å². The standard InChI is InChI=1S/C16H18N8/c1-10-8-18-16(19-10)15-12-7-11(3-4-13(12)20-22-15)14-9-24(23-21-14)6-5-17-2/h3-4,7-9,17H,5-6H2,1-2H3,(H,18,19)(H,20,22). The van der Waals surface area contributed by atoms with Gasteiger partial charge in [0.05, 0.1) is 18.3 Å². The van der Waals surface area contributed by atoms with Crippen LogP contribution in [0.3, 0.4) is 0 Å². The molecule has 0 amide bonds. The SMILES string of the molecule is CNCCn1cc(-c2ccc3[nH]nc(-c4ncc(C)[nH]4)c3c2)nn1. The fourth-order valence-corrected chi connectivity index (χ4v) is 2.65. The van der Waals surface area contributed by atoms with Crippen molar-refractivity contribution >= 4 is 10.9 Å². The lowest BCUT2D eigenvalue weighted by Crippen LogP contribution is -2.15. The smallest absolute Gasteiger partial charge is 0.158 e. The molecule has 3 aromatic heterocycles. The van der Waals surface area contributed by atoms with Crippen LogP contribution in [0.25, 0.3) is 33.7 Å². The second-order valence-electron chi connectivity index (χ2n) is 5.72. The Balaban J connectivity index is 1.73. The Hall–Kier alpha value is -3.00. The fraction of sp³-hybridized carbons (Fsp3) is 0.250. The average molecular weight is 322 g/mol. The number of fused-ring (bicyclic) bond motifs is 1. The minimum absolute atomic E-state index is 0.758. The van der Waals surface area contributed by atoms with Gasteiger partial charge in [-0.25, -0.2) is 4.98 Å². The van der Waals surface area contributed by atoms with E-state index in [1.807, 2.05) is 37.0 Å². The molecule has 0 aliphatic carbocycles. The zero-order chi connectivity index (χ0) is 16.5. The van der Waals surface area contributed by atoms with Crippen LogP contribution in [-0.2, 0) is 6.54 Å². The number of H-pyrrole nitrogens is 2. The molecule has 0 spiro atoms. The van der Waals surface area contributed by atoms with Crippen molar-refractivity contribution in [3.05, 3.63) is 36.3 Å². The third kappa shape index (κ3) is 2.56.